The second-order valence-corrected chi connectivity index (χ2v) is 9.26. The van der Waals surface area contributed by atoms with Gasteiger partial charge in [0.1, 0.15) is 5.82 Å². The molecule has 1 fully saturated rings. The standard InChI is InChI=1S/C25H26N6OS/c1-17-23(18(2)31(29-17)21-11-7-4-8-12-21)26-22(32)16-33-25-28-27-24(20-13-14-20)30(25)15-19-9-5-3-6-10-19/h3-12,20H,13-16H2,1-2H3,(H,26,32). The number of para-hydroxylation sites is 1. The van der Waals surface area contributed by atoms with Crippen molar-refractivity contribution in [2.75, 3.05) is 11.1 Å². The van der Waals surface area contributed by atoms with Crippen molar-refractivity contribution >= 4 is 23.4 Å². The molecule has 8 heteroatoms. The Balaban J connectivity index is 1.29. The first-order valence-electron chi connectivity index (χ1n) is 11.1. The van der Waals surface area contributed by atoms with Crippen molar-refractivity contribution in [1.29, 1.82) is 0 Å². The molecule has 0 bridgehead atoms. The number of nitrogens with zero attached hydrogens (tertiary/aromatic N) is 5. The Morgan fingerprint density at radius 1 is 1.03 bits per heavy atom. The van der Waals surface area contributed by atoms with E-state index in [-0.39, 0.29) is 11.7 Å². The lowest BCUT2D eigenvalue weighted by Crippen LogP contribution is -2.16. The summed E-state index contributed by atoms with van der Waals surface area (Å²) in [7, 11) is 0. The fourth-order valence-corrected chi connectivity index (χ4v) is 4.66. The van der Waals surface area contributed by atoms with Crippen molar-refractivity contribution in [3.05, 3.63) is 83.4 Å². The molecule has 5 rings (SSSR count). The van der Waals surface area contributed by atoms with E-state index in [1.807, 2.05) is 67.1 Å². The number of amides is 1. The molecule has 1 amide bonds. The Hall–Kier alpha value is -3.39. The zero-order chi connectivity index (χ0) is 22.8. The summed E-state index contributed by atoms with van der Waals surface area (Å²) in [5, 5.41) is 17.3. The van der Waals surface area contributed by atoms with E-state index in [2.05, 4.69) is 37.3 Å². The van der Waals surface area contributed by atoms with Crippen LogP contribution in [-0.2, 0) is 11.3 Å². The minimum absolute atomic E-state index is 0.0824. The zero-order valence-corrected chi connectivity index (χ0v) is 19.5. The number of aromatic nitrogens is 5. The molecule has 168 valence electrons. The Morgan fingerprint density at radius 2 is 1.73 bits per heavy atom. The van der Waals surface area contributed by atoms with Gasteiger partial charge >= 0.3 is 0 Å². The highest BCUT2D eigenvalue weighted by Gasteiger charge is 2.30. The van der Waals surface area contributed by atoms with Crippen LogP contribution in [-0.4, -0.2) is 36.2 Å². The summed E-state index contributed by atoms with van der Waals surface area (Å²) in [5.74, 6) is 1.68. The van der Waals surface area contributed by atoms with E-state index in [4.69, 9.17) is 0 Å². The van der Waals surface area contributed by atoms with Gasteiger partial charge in [-0.2, -0.15) is 5.10 Å². The van der Waals surface area contributed by atoms with Gasteiger partial charge in [-0.1, -0.05) is 60.3 Å². The molecule has 7 nitrogen and oxygen atoms in total. The fourth-order valence-electron chi connectivity index (χ4n) is 3.91. The molecule has 2 aromatic heterocycles. The molecule has 33 heavy (non-hydrogen) atoms. The van der Waals surface area contributed by atoms with Crippen LogP contribution in [0.4, 0.5) is 5.69 Å². The Bertz CT molecular complexity index is 1260. The van der Waals surface area contributed by atoms with E-state index < -0.39 is 0 Å². The van der Waals surface area contributed by atoms with Gasteiger partial charge in [-0.15, -0.1) is 10.2 Å². The lowest BCUT2D eigenvalue weighted by atomic mass is 10.2. The Morgan fingerprint density at radius 3 is 2.42 bits per heavy atom. The molecule has 1 N–H and O–H groups in total. The molecular formula is C25H26N6OS. The summed E-state index contributed by atoms with van der Waals surface area (Å²) >= 11 is 1.42. The Labute approximate surface area is 197 Å². The van der Waals surface area contributed by atoms with Crippen LogP contribution in [0.1, 0.15) is 41.5 Å². The van der Waals surface area contributed by atoms with Crippen LogP contribution in [0.2, 0.25) is 0 Å². The highest BCUT2D eigenvalue weighted by Crippen LogP contribution is 2.40. The summed E-state index contributed by atoms with van der Waals surface area (Å²) < 4.78 is 4.02. The number of aryl methyl sites for hydroxylation is 1. The molecule has 1 aliphatic carbocycles. The van der Waals surface area contributed by atoms with Crippen LogP contribution >= 0.6 is 11.8 Å². The third-order valence-corrected chi connectivity index (χ3v) is 6.73. The van der Waals surface area contributed by atoms with Gasteiger partial charge in [0, 0.05) is 5.92 Å². The topological polar surface area (TPSA) is 77.6 Å². The first kappa shape index (κ1) is 21.5. The average molecular weight is 459 g/mol. The summed E-state index contributed by atoms with van der Waals surface area (Å²) in [6, 6.07) is 20.2. The van der Waals surface area contributed by atoms with E-state index in [0.29, 0.717) is 12.5 Å². The third kappa shape index (κ3) is 4.71. The van der Waals surface area contributed by atoms with Gasteiger partial charge in [0.05, 0.1) is 35.1 Å². The summed E-state index contributed by atoms with van der Waals surface area (Å²) in [4.78, 5) is 12.8. The molecule has 1 aliphatic rings. The smallest absolute Gasteiger partial charge is 0.234 e. The Kier molecular flexibility index (Phi) is 6.00. The first-order valence-corrected chi connectivity index (χ1v) is 12.1. The molecule has 1 saturated carbocycles. The SMILES string of the molecule is Cc1nn(-c2ccccc2)c(C)c1NC(=O)CSc1nnc(C2CC2)n1Cc1ccccc1. The number of thioether (sulfide) groups is 1. The third-order valence-electron chi connectivity index (χ3n) is 5.76. The molecule has 0 atom stereocenters. The van der Waals surface area contributed by atoms with Crippen LogP contribution in [0.3, 0.4) is 0 Å². The van der Waals surface area contributed by atoms with Crippen molar-refractivity contribution in [2.24, 2.45) is 0 Å². The largest absolute Gasteiger partial charge is 0.322 e. The van der Waals surface area contributed by atoms with Gasteiger partial charge < -0.3 is 9.88 Å². The number of rotatable bonds is 8. The molecule has 2 aromatic carbocycles. The average Bonchev–Trinajstić information content (AvgIpc) is 3.55. The molecule has 0 aliphatic heterocycles. The van der Waals surface area contributed by atoms with E-state index in [1.165, 1.54) is 17.3 Å². The van der Waals surface area contributed by atoms with Crippen LogP contribution in [0, 0.1) is 13.8 Å². The van der Waals surface area contributed by atoms with Gasteiger partial charge in [0.25, 0.3) is 0 Å². The van der Waals surface area contributed by atoms with Crippen molar-refractivity contribution in [2.45, 2.75) is 44.3 Å². The quantitative estimate of drug-likeness (QED) is 0.386. The van der Waals surface area contributed by atoms with Gasteiger partial charge in [-0.25, -0.2) is 4.68 Å². The van der Waals surface area contributed by atoms with Crippen LogP contribution in [0.15, 0.2) is 65.8 Å². The number of carbonyl (C=O) groups excluding carboxylic acids is 1. The molecular weight excluding hydrogens is 432 g/mol. The minimum Gasteiger partial charge on any atom is -0.322 e. The summed E-state index contributed by atoms with van der Waals surface area (Å²) in [6.45, 7) is 4.59. The van der Waals surface area contributed by atoms with Gasteiger partial charge in [0.15, 0.2) is 5.16 Å². The molecule has 0 radical (unpaired) electrons. The zero-order valence-electron chi connectivity index (χ0n) is 18.7. The van der Waals surface area contributed by atoms with Crippen LogP contribution in [0.5, 0.6) is 0 Å². The lowest BCUT2D eigenvalue weighted by Gasteiger charge is -2.10. The number of carbonyl (C=O) groups is 1. The lowest BCUT2D eigenvalue weighted by molar-refractivity contribution is -0.113. The fraction of sp³-hybridized carbons (Fsp3) is 0.280. The van der Waals surface area contributed by atoms with Crippen LogP contribution in [0.25, 0.3) is 5.69 Å². The number of nitrogens with one attached hydrogen (secondary N) is 1. The second kappa shape index (κ2) is 9.23. The first-order chi connectivity index (χ1) is 16.1. The molecule has 0 saturated heterocycles. The van der Waals surface area contributed by atoms with Crippen molar-refractivity contribution in [3.8, 4) is 5.69 Å². The number of benzene rings is 2. The molecule has 0 spiro atoms. The minimum atomic E-state index is -0.0824. The monoisotopic (exact) mass is 458 g/mol. The van der Waals surface area contributed by atoms with Crippen molar-refractivity contribution in [3.63, 3.8) is 0 Å². The normalized spacial score (nSPS) is 13.3. The predicted octanol–water partition coefficient (Wildman–Crippen LogP) is 4.74. The molecule has 4 aromatic rings. The maximum atomic E-state index is 12.8. The summed E-state index contributed by atoms with van der Waals surface area (Å²) in [5.41, 5.74) is 4.62. The number of anilines is 1. The second-order valence-electron chi connectivity index (χ2n) is 8.32. The number of hydrogen-bond donors (Lipinski definition) is 1. The number of hydrogen-bond acceptors (Lipinski definition) is 5. The van der Waals surface area contributed by atoms with Gasteiger partial charge in [0.2, 0.25) is 5.91 Å². The maximum absolute atomic E-state index is 12.8. The van der Waals surface area contributed by atoms with E-state index in [0.717, 1.165) is 46.6 Å². The van der Waals surface area contributed by atoms with Gasteiger partial charge in [-0.05, 0) is 44.4 Å². The van der Waals surface area contributed by atoms with E-state index in [9.17, 15) is 4.79 Å². The van der Waals surface area contributed by atoms with Crippen LogP contribution < -0.4 is 5.32 Å². The maximum Gasteiger partial charge on any atom is 0.234 e. The molecule has 2 heterocycles. The van der Waals surface area contributed by atoms with E-state index >= 15 is 0 Å². The molecule has 0 unspecified atom stereocenters. The van der Waals surface area contributed by atoms with Crippen molar-refractivity contribution in [1.82, 2.24) is 24.5 Å². The van der Waals surface area contributed by atoms with E-state index in [1.54, 1.807) is 0 Å². The highest BCUT2D eigenvalue weighted by molar-refractivity contribution is 7.99. The van der Waals surface area contributed by atoms with Gasteiger partial charge in [-0.3, -0.25) is 4.79 Å². The summed E-state index contributed by atoms with van der Waals surface area (Å²) in [6.07, 6.45) is 2.31. The highest BCUT2D eigenvalue weighted by atomic mass is 32.2. The van der Waals surface area contributed by atoms with Crippen molar-refractivity contribution < 1.29 is 4.79 Å². The predicted molar refractivity (Wildman–Crippen MR) is 130 cm³/mol.